The van der Waals surface area contributed by atoms with Crippen LogP contribution in [0.25, 0.3) is 0 Å². The molecule has 0 aliphatic heterocycles. The second-order valence-corrected chi connectivity index (χ2v) is 3.35. The fourth-order valence-corrected chi connectivity index (χ4v) is 1.19. The van der Waals surface area contributed by atoms with Crippen molar-refractivity contribution in [3.05, 3.63) is 41.4 Å². The lowest BCUT2D eigenvalue weighted by Crippen LogP contribution is -1.95. The van der Waals surface area contributed by atoms with Crippen LogP contribution in [0, 0.1) is 0 Å². The van der Waals surface area contributed by atoms with E-state index in [1.807, 2.05) is 0 Å². The molecule has 1 aromatic carbocycles. The summed E-state index contributed by atoms with van der Waals surface area (Å²) in [6.45, 7) is 0.249. The van der Waals surface area contributed by atoms with Crippen LogP contribution < -0.4 is 10.5 Å². The Morgan fingerprint density at radius 2 is 2.07 bits per heavy atom. The van der Waals surface area contributed by atoms with Gasteiger partial charge in [-0.05, 0) is 24.3 Å². The Hall–Kier alpha value is -1.68. The van der Waals surface area contributed by atoms with Crippen molar-refractivity contribution in [2.75, 3.05) is 5.73 Å². The summed E-state index contributed by atoms with van der Waals surface area (Å²) in [7, 11) is 0. The number of hydrogen-bond donors (Lipinski definition) is 1. The summed E-state index contributed by atoms with van der Waals surface area (Å²) in [5.74, 6) is 1.50. The average Bonchev–Trinajstić information content (AvgIpc) is 2.64. The van der Waals surface area contributed by atoms with Crippen LogP contribution in [-0.2, 0) is 6.61 Å². The molecule has 78 valence electrons. The van der Waals surface area contributed by atoms with Gasteiger partial charge in [-0.15, -0.1) is 0 Å². The third-order valence-corrected chi connectivity index (χ3v) is 2.00. The van der Waals surface area contributed by atoms with Crippen LogP contribution in [0.5, 0.6) is 5.75 Å². The molecule has 0 bridgehead atoms. The number of halogens is 1. The zero-order chi connectivity index (χ0) is 10.7. The van der Waals surface area contributed by atoms with Gasteiger partial charge in [0.1, 0.15) is 12.0 Å². The molecule has 2 N–H and O–H groups in total. The molecule has 2 rings (SSSR count). The maximum Gasteiger partial charge on any atom is 0.234 e. The van der Waals surface area contributed by atoms with Crippen molar-refractivity contribution in [2.24, 2.45) is 0 Å². The number of nitrogen functional groups attached to an aromatic ring is 1. The van der Waals surface area contributed by atoms with Gasteiger partial charge in [0.15, 0.2) is 12.4 Å². The van der Waals surface area contributed by atoms with Gasteiger partial charge in [0.2, 0.25) is 5.89 Å². The van der Waals surface area contributed by atoms with Gasteiger partial charge in [-0.2, -0.15) is 4.98 Å². The highest BCUT2D eigenvalue weighted by Gasteiger charge is 2.01. The van der Waals surface area contributed by atoms with E-state index in [0.29, 0.717) is 22.5 Å². The van der Waals surface area contributed by atoms with Crippen LogP contribution in [0.1, 0.15) is 5.89 Å². The Morgan fingerprint density at radius 3 is 2.67 bits per heavy atom. The molecule has 2 aromatic rings. The van der Waals surface area contributed by atoms with Crippen molar-refractivity contribution in [2.45, 2.75) is 6.61 Å². The van der Waals surface area contributed by atoms with Crippen LogP contribution in [0.15, 0.2) is 34.9 Å². The van der Waals surface area contributed by atoms with Gasteiger partial charge in [-0.1, -0.05) is 11.6 Å². The topological polar surface area (TPSA) is 61.3 Å². The maximum absolute atomic E-state index is 5.73. The molecule has 0 saturated carbocycles. The molecule has 0 spiro atoms. The number of anilines is 1. The summed E-state index contributed by atoms with van der Waals surface area (Å²) < 4.78 is 10.4. The first-order valence-corrected chi connectivity index (χ1v) is 4.70. The van der Waals surface area contributed by atoms with Gasteiger partial charge in [0.05, 0.1) is 0 Å². The standard InChI is InChI=1S/C10H9ClN2O2/c11-7-1-3-8(4-2-7)14-6-10-13-9(12)5-15-10/h1-5H,6,12H2. The van der Waals surface area contributed by atoms with Crippen LogP contribution in [0.3, 0.4) is 0 Å². The molecule has 0 unspecified atom stereocenters. The summed E-state index contributed by atoms with van der Waals surface area (Å²) in [5.41, 5.74) is 5.39. The molecular weight excluding hydrogens is 216 g/mol. The SMILES string of the molecule is Nc1coc(COc2ccc(Cl)cc2)n1. The van der Waals surface area contributed by atoms with Gasteiger partial charge < -0.3 is 14.9 Å². The van der Waals surface area contributed by atoms with Crippen molar-refractivity contribution in [1.29, 1.82) is 0 Å². The molecule has 0 saturated heterocycles. The molecule has 0 atom stereocenters. The fraction of sp³-hybridized carbons (Fsp3) is 0.100. The zero-order valence-electron chi connectivity index (χ0n) is 7.81. The Bertz CT molecular complexity index is 439. The van der Waals surface area contributed by atoms with E-state index in [0.717, 1.165) is 0 Å². The Kier molecular flexibility index (Phi) is 2.78. The number of oxazole rings is 1. The first kappa shape index (κ1) is 9.86. The molecule has 0 aliphatic rings. The summed E-state index contributed by atoms with van der Waals surface area (Å²) in [6, 6.07) is 7.05. The highest BCUT2D eigenvalue weighted by molar-refractivity contribution is 6.30. The lowest BCUT2D eigenvalue weighted by atomic mass is 10.3. The molecular formula is C10H9ClN2O2. The van der Waals surface area contributed by atoms with Crippen molar-refractivity contribution >= 4 is 17.4 Å². The fourth-order valence-electron chi connectivity index (χ4n) is 1.07. The highest BCUT2D eigenvalue weighted by atomic mass is 35.5. The predicted molar refractivity (Wildman–Crippen MR) is 56.7 cm³/mol. The number of nitrogens with zero attached hydrogens (tertiary/aromatic N) is 1. The Balaban J connectivity index is 1.96. The van der Waals surface area contributed by atoms with Gasteiger partial charge in [-0.25, -0.2) is 0 Å². The second kappa shape index (κ2) is 4.23. The van der Waals surface area contributed by atoms with E-state index in [9.17, 15) is 0 Å². The van der Waals surface area contributed by atoms with Crippen molar-refractivity contribution in [3.63, 3.8) is 0 Å². The molecule has 15 heavy (non-hydrogen) atoms. The van der Waals surface area contributed by atoms with Crippen LogP contribution in [0.4, 0.5) is 5.82 Å². The third-order valence-electron chi connectivity index (χ3n) is 1.75. The number of hydrogen-bond acceptors (Lipinski definition) is 4. The summed E-state index contributed by atoms with van der Waals surface area (Å²) in [4.78, 5) is 3.90. The van der Waals surface area contributed by atoms with E-state index in [1.54, 1.807) is 24.3 Å². The smallest absolute Gasteiger partial charge is 0.234 e. The zero-order valence-corrected chi connectivity index (χ0v) is 8.57. The number of nitrogens with two attached hydrogens (primary N) is 1. The van der Waals surface area contributed by atoms with Crippen LogP contribution >= 0.6 is 11.6 Å². The largest absolute Gasteiger partial charge is 0.484 e. The van der Waals surface area contributed by atoms with E-state index in [-0.39, 0.29) is 6.61 Å². The van der Waals surface area contributed by atoms with Gasteiger partial charge >= 0.3 is 0 Å². The minimum atomic E-state index is 0.249. The molecule has 5 heteroatoms. The summed E-state index contributed by atoms with van der Waals surface area (Å²) in [5, 5.41) is 0.669. The molecule has 0 aliphatic carbocycles. The predicted octanol–water partition coefficient (Wildman–Crippen LogP) is 2.49. The molecule has 0 radical (unpaired) electrons. The van der Waals surface area contributed by atoms with Gasteiger partial charge in [0, 0.05) is 5.02 Å². The van der Waals surface area contributed by atoms with E-state index in [2.05, 4.69) is 4.98 Å². The van der Waals surface area contributed by atoms with Gasteiger partial charge in [0.25, 0.3) is 0 Å². The van der Waals surface area contributed by atoms with Crippen molar-refractivity contribution in [3.8, 4) is 5.75 Å². The minimum absolute atomic E-state index is 0.249. The first-order chi connectivity index (χ1) is 7.24. The first-order valence-electron chi connectivity index (χ1n) is 4.32. The Morgan fingerprint density at radius 1 is 1.33 bits per heavy atom. The highest BCUT2D eigenvalue weighted by Crippen LogP contribution is 2.16. The Labute approximate surface area is 91.6 Å². The van der Waals surface area contributed by atoms with E-state index < -0.39 is 0 Å². The molecule has 0 fully saturated rings. The lowest BCUT2D eigenvalue weighted by molar-refractivity contribution is 0.263. The maximum atomic E-state index is 5.73. The minimum Gasteiger partial charge on any atom is -0.484 e. The van der Waals surface area contributed by atoms with E-state index >= 15 is 0 Å². The number of benzene rings is 1. The quantitative estimate of drug-likeness (QED) is 0.870. The second-order valence-electron chi connectivity index (χ2n) is 2.91. The number of aromatic nitrogens is 1. The number of ether oxygens (including phenoxy) is 1. The summed E-state index contributed by atoms with van der Waals surface area (Å²) >= 11 is 5.73. The average molecular weight is 225 g/mol. The molecule has 1 aromatic heterocycles. The normalized spacial score (nSPS) is 10.2. The lowest BCUT2D eigenvalue weighted by Gasteiger charge is -2.02. The van der Waals surface area contributed by atoms with E-state index in [1.165, 1.54) is 6.26 Å². The van der Waals surface area contributed by atoms with Crippen molar-refractivity contribution in [1.82, 2.24) is 4.98 Å². The summed E-state index contributed by atoms with van der Waals surface area (Å²) in [6.07, 6.45) is 1.38. The van der Waals surface area contributed by atoms with E-state index in [4.69, 9.17) is 26.5 Å². The third kappa shape index (κ3) is 2.63. The molecule has 0 amide bonds. The van der Waals surface area contributed by atoms with Gasteiger partial charge in [-0.3, -0.25) is 0 Å². The molecule has 1 heterocycles. The molecule has 4 nitrogen and oxygen atoms in total. The van der Waals surface area contributed by atoms with Crippen LogP contribution in [-0.4, -0.2) is 4.98 Å². The van der Waals surface area contributed by atoms with Crippen molar-refractivity contribution < 1.29 is 9.15 Å². The number of rotatable bonds is 3. The van der Waals surface area contributed by atoms with Crippen LogP contribution in [0.2, 0.25) is 5.02 Å². The monoisotopic (exact) mass is 224 g/mol.